The van der Waals surface area contributed by atoms with Gasteiger partial charge >= 0.3 is 6.09 Å². The number of hydrogen-bond donors (Lipinski definition) is 1. The fraction of sp³-hybridized carbons (Fsp3) is 0.545. The van der Waals surface area contributed by atoms with Crippen molar-refractivity contribution >= 4 is 23.0 Å². The number of ether oxygens (including phenoxy) is 1. The number of aromatic nitrogens is 2. The van der Waals surface area contributed by atoms with E-state index in [-0.39, 0.29) is 18.4 Å². The van der Waals surface area contributed by atoms with Crippen LogP contribution in [0.25, 0.3) is 22.3 Å². The van der Waals surface area contributed by atoms with E-state index in [1.54, 1.807) is 10.8 Å². The molecule has 2 bridgehead atoms. The molecular weight excluding hydrogens is 502 g/mol. The Morgan fingerprint density at radius 1 is 1.00 bits per heavy atom. The quantitative estimate of drug-likeness (QED) is 0.389. The monoisotopic (exact) mass is 545 g/mol. The van der Waals surface area contributed by atoms with E-state index in [0.717, 1.165) is 58.9 Å². The first-order valence-corrected chi connectivity index (χ1v) is 14.5. The molecule has 7 nitrogen and oxygen atoms in total. The van der Waals surface area contributed by atoms with E-state index in [1.165, 1.54) is 0 Å². The van der Waals surface area contributed by atoms with Gasteiger partial charge in [0, 0.05) is 36.2 Å². The van der Waals surface area contributed by atoms with E-state index in [9.17, 15) is 14.7 Å². The Kier molecular flexibility index (Phi) is 7.10. The second-order valence-electron chi connectivity index (χ2n) is 13.4. The number of fused-ring (bicyclic) bond motifs is 3. The topological polar surface area (TPSA) is 84.7 Å². The lowest BCUT2D eigenvalue weighted by Gasteiger charge is -2.32. The largest absolute Gasteiger partial charge is 0.443 e. The Morgan fingerprint density at radius 3 is 2.10 bits per heavy atom. The summed E-state index contributed by atoms with van der Waals surface area (Å²) in [7, 11) is 0. The molecule has 2 saturated heterocycles. The molecule has 1 N–H and O–H groups in total. The van der Waals surface area contributed by atoms with Crippen LogP contribution in [0.3, 0.4) is 0 Å². The summed E-state index contributed by atoms with van der Waals surface area (Å²) in [6.07, 6.45) is 5.55. The van der Waals surface area contributed by atoms with Crippen LogP contribution < -0.4 is 0 Å². The standard InChI is InChI=1S/C33H43N3O4/c1-19-13-20(2)15-22(14-19)28-27(21(3)18-37)26-16-23(17-34-29(26)36(28)31(39)40-32(4,5)6)33(7,8)30(38)35-24-9-10-25(35)12-11-24/h13-17,21,24-25,37H,9-12,18H2,1-8H3. The minimum absolute atomic E-state index is 0.102. The molecule has 3 aromatic rings. The summed E-state index contributed by atoms with van der Waals surface area (Å²) in [5.41, 5.74) is 4.26. The third kappa shape index (κ3) is 4.83. The molecule has 0 radical (unpaired) electrons. The summed E-state index contributed by atoms with van der Waals surface area (Å²) in [6.45, 7) is 15.4. The Balaban J connectivity index is 1.74. The zero-order chi connectivity index (χ0) is 29.1. The lowest BCUT2D eigenvalue weighted by Crippen LogP contribution is -2.46. The summed E-state index contributed by atoms with van der Waals surface area (Å²) in [6, 6.07) is 8.87. The third-order valence-electron chi connectivity index (χ3n) is 8.63. The molecule has 4 heterocycles. The average Bonchev–Trinajstić information content (AvgIpc) is 3.56. The number of aliphatic hydroxyl groups excluding tert-OH is 1. The molecule has 0 spiro atoms. The van der Waals surface area contributed by atoms with Gasteiger partial charge in [-0.15, -0.1) is 0 Å². The highest BCUT2D eigenvalue weighted by molar-refractivity contribution is 5.99. The SMILES string of the molecule is Cc1cc(C)cc(-c2c(C(C)CO)c3cc(C(C)(C)C(=O)N4C5CCC4CC5)cnc3n2C(=O)OC(C)(C)C)c1. The fourth-order valence-corrected chi connectivity index (χ4v) is 6.69. The predicted octanol–water partition coefficient (Wildman–Crippen LogP) is 6.63. The van der Waals surface area contributed by atoms with Crippen molar-refractivity contribution in [1.29, 1.82) is 0 Å². The van der Waals surface area contributed by atoms with E-state index >= 15 is 0 Å². The maximum atomic E-state index is 14.0. The number of aliphatic hydroxyl groups is 1. The Bertz CT molecular complexity index is 1440. The number of hydrogen-bond acceptors (Lipinski definition) is 5. The van der Waals surface area contributed by atoms with E-state index in [0.29, 0.717) is 23.4 Å². The minimum atomic E-state index is -0.791. The Hall–Kier alpha value is -3.19. The molecule has 0 aliphatic carbocycles. The van der Waals surface area contributed by atoms with Gasteiger partial charge < -0.3 is 14.7 Å². The van der Waals surface area contributed by atoms with Crippen LogP contribution in [0.2, 0.25) is 0 Å². The maximum Gasteiger partial charge on any atom is 0.420 e. The molecule has 1 amide bonds. The van der Waals surface area contributed by atoms with Crippen LogP contribution in [0.5, 0.6) is 0 Å². The van der Waals surface area contributed by atoms with Crippen LogP contribution in [-0.4, -0.2) is 55.8 Å². The summed E-state index contributed by atoms with van der Waals surface area (Å²) in [4.78, 5) is 34.7. The molecule has 2 aliphatic heterocycles. The van der Waals surface area contributed by atoms with Crippen LogP contribution in [0.4, 0.5) is 4.79 Å². The molecule has 214 valence electrons. The number of nitrogens with zero attached hydrogens (tertiary/aromatic N) is 3. The van der Waals surface area contributed by atoms with Gasteiger partial charge in [0.2, 0.25) is 5.91 Å². The summed E-state index contributed by atoms with van der Waals surface area (Å²) in [5, 5.41) is 11.1. The maximum absolute atomic E-state index is 14.0. The van der Waals surface area contributed by atoms with Crippen molar-refractivity contribution in [3.63, 3.8) is 0 Å². The number of benzene rings is 1. The van der Waals surface area contributed by atoms with Gasteiger partial charge in [-0.2, -0.15) is 0 Å². The van der Waals surface area contributed by atoms with Crippen molar-refractivity contribution in [2.75, 3.05) is 6.61 Å². The van der Waals surface area contributed by atoms with Crippen molar-refractivity contribution < 1.29 is 19.4 Å². The molecular formula is C33H43N3O4. The summed E-state index contributed by atoms with van der Waals surface area (Å²) < 4.78 is 7.43. The number of carbonyl (C=O) groups excluding carboxylic acids is 2. The second kappa shape index (κ2) is 10.0. The van der Waals surface area contributed by atoms with Crippen LogP contribution in [0.1, 0.15) is 95.4 Å². The van der Waals surface area contributed by atoms with Gasteiger partial charge in [0.25, 0.3) is 0 Å². The Morgan fingerprint density at radius 2 is 1.57 bits per heavy atom. The first-order valence-electron chi connectivity index (χ1n) is 14.5. The highest BCUT2D eigenvalue weighted by Gasteiger charge is 2.47. The highest BCUT2D eigenvalue weighted by Crippen LogP contribution is 2.43. The van der Waals surface area contributed by atoms with Gasteiger partial charge in [-0.05, 0) is 109 Å². The zero-order valence-corrected chi connectivity index (χ0v) is 25.2. The average molecular weight is 546 g/mol. The third-order valence-corrected chi connectivity index (χ3v) is 8.63. The van der Waals surface area contributed by atoms with Gasteiger partial charge in [0.05, 0.1) is 11.1 Å². The first kappa shape index (κ1) is 28.3. The molecule has 2 fully saturated rings. The van der Waals surface area contributed by atoms with Gasteiger partial charge in [-0.25, -0.2) is 14.3 Å². The molecule has 2 aliphatic rings. The van der Waals surface area contributed by atoms with Crippen molar-refractivity contribution in [1.82, 2.24) is 14.5 Å². The lowest BCUT2D eigenvalue weighted by atomic mass is 9.83. The van der Waals surface area contributed by atoms with Crippen molar-refractivity contribution in [2.24, 2.45) is 0 Å². The molecule has 1 unspecified atom stereocenters. The second-order valence-corrected chi connectivity index (χ2v) is 13.4. The number of pyridine rings is 1. The smallest absolute Gasteiger partial charge is 0.420 e. The van der Waals surface area contributed by atoms with Crippen LogP contribution in [0, 0.1) is 13.8 Å². The molecule has 7 heteroatoms. The van der Waals surface area contributed by atoms with Crippen LogP contribution in [-0.2, 0) is 14.9 Å². The highest BCUT2D eigenvalue weighted by atomic mass is 16.6. The molecule has 0 saturated carbocycles. The normalized spacial score (nSPS) is 19.9. The molecule has 2 aromatic heterocycles. The van der Waals surface area contributed by atoms with Crippen molar-refractivity contribution in [2.45, 2.75) is 110 Å². The van der Waals surface area contributed by atoms with Crippen LogP contribution >= 0.6 is 0 Å². The summed E-state index contributed by atoms with van der Waals surface area (Å²) >= 11 is 0. The fourth-order valence-electron chi connectivity index (χ4n) is 6.69. The number of amides is 1. The van der Waals surface area contributed by atoms with Gasteiger partial charge in [-0.3, -0.25) is 4.79 Å². The van der Waals surface area contributed by atoms with E-state index < -0.39 is 17.1 Å². The van der Waals surface area contributed by atoms with E-state index in [1.807, 2.05) is 73.6 Å². The molecule has 1 aromatic carbocycles. The first-order chi connectivity index (χ1) is 18.7. The van der Waals surface area contributed by atoms with Gasteiger partial charge in [0.15, 0.2) is 0 Å². The van der Waals surface area contributed by atoms with Crippen molar-refractivity contribution in [3.05, 3.63) is 52.7 Å². The predicted molar refractivity (Wildman–Crippen MR) is 158 cm³/mol. The zero-order valence-electron chi connectivity index (χ0n) is 25.2. The van der Waals surface area contributed by atoms with Crippen LogP contribution in [0.15, 0.2) is 30.5 Å². The molecule has 1 atom stereocenters. The minimum Gasteiger partial charge on any atom is -0.443 e. The van der Waals surface area contributed by atoms with Crippen molar-refractivity contribution in [3.8, 4) is 11.3 Å². The Labute approximate surface area is 237 Å². The lowest BCUT2D eigenvalue weighted by molar-refractivity contribution is -0.137. The number of rotatable bonds is 5. The van der Waals surface area contributed by atoms with Gasteiger partial charge in [0.1, 0.15) is 11.2 Å². The number of aryl methyl sites for hydroxylation is 2. The number of carbonyl (C=O) groups is 2. The van der Waals surface area contributed by atoms with E-state index in [4.69, 9.17) is 9.72 Å². The van der Waals surface area contributed by atoms with E-state index in [2.05, 4.69) is 11.0 Å². The molecule has 40 heavy (non-hydrogen) atoms. The molecule has 5 rings (SSSR count). The van der Waals surface area contributed by atoms with Gasteiger partial charge in [-0.1, -0.05) is 24.1 Å². The summed E-state index contributed by atoms with van der Waals surface area (Å²) in [5.74, 6) is -0.149.